The zero-order valence-electron chi connectivity index (χ0n) is 21.2. The van der Waals surface area contributed by atoms with Crippen LogP contribution in [0.4, 0.5) is 5.69 Å². The van der Waals surface area contributed by atoms with Gasteiger partial charge in [0, 0.05) is 11.3 Å². The average molecular weight is 528 g/mol. The second-order valence-electron chi connectivity index (χ2n) is 7.97. The van der Waals surface area contributed by atoms with Crippen molar-refractivity contribution in [3.63, 3.8) is 0 Å². The molecule has 0 aliphatic carbocycles. The van der Waals surface area contributed by atoms with Gasteiger partial charge >= 0.3 is 5.97 Å². The molecule has 0 atom stereocenters. The number of hydrazone groups is 1. The van der Waals surface area contributed by atoms with Crippen LogP contribution in [0, 0.1) is 0 Å². The van der Waals surface area contributed by atoms with Gasteiger partial charge < -0.3 is 23.9 Å². The first-order valence-electron chi connectivity index (χ1n) is 11.9. The maximum atomic E-state index is 12.5. The molecule has 0 spiro atoms. The molecule has 2 amide bonds. The number of benzene rings is 3. The van der Waals surface area contributed by atoms with Crippen molar-refractivity contribution in [1.29, 1.82) is 0 Å². The molecule has 4 aromatic rings. The maximum Gasteiger partial charge on any atom is 0.343 e. The van der Waals surface area contributed by atoms with E-state index in [1.807, 2.05) is 6.92 Å². The Labute approximate surface area is 224 Å². The van der Waals surface area contributed by atoms with E-state index in [0.29, 0.717) is 40.5 Å². The Morgan fingerprint density at radius 2 is 1.64 bits per heavy atom. The minimum Gasteiger partial charge on any atom is -0.497 e. The van der Waals surface area contributed by atoms with Crippen LogP contribution in [-0.4, -0.2) is 37.7 Å². The van der Waals surface area contributed by atoms with Crippen LogP contribution in [0.5, 0.6) is 17.2 Å². The zero-order valence-corrected chi connectivity index (χ0v) is 21.2. The first-order valence-corrected chi connectivity index (χ1v) is 11.9. The van der Waals surface area contributed by atoms with Crippen LogP contribution in [0.2, 0.25) is 0 Å². The molecule has 39 heavy (non-hydrogen) atoms. The Morgan fingerprint density at radius 1 is 0.897 bits per heavy atom. The number of hydrogen-bond acceptors (Lipinski definition) is 8. The summed E-state index contributed by atoms with van der Waals surface area (Å²) in [6.07, 6.45) is 2.85. The summed E-state index contributed by atoms with van der Waals surface area (Å²) in [5.74, 6) is 0.0321. The number of carbonyl (C=O) groups is 3. The lowest BCUT2D eigenvalue weighted by Gasteiger charge is -2.11. The lowest BCUT2D eigenvalue weighted by Crippen LogP contribution is -2.17. The normalized spacial score (nSPS) is 10.6. The third-order valence-corrected chi connectivity index (χ3v) is 5.33. The van der Waals surface area contributed by atoms with Crippen LogP contribution in [0.3, 0.4) is 0 Å². The molecule has 0 saturated carbocycles. The summed E-state index contributed by atoms with van der Waals surface area (Å²) < 4.78 is 21.3. The summed E-state index contributed by atoms with van der Waals surface area (Å²) in [4.78, 5) is 37.1. The number of methoxy groups -OCH3 is 1. The van der Waals surface area contributed by atoms with E-state index >= 15 is 0 Å². The van der Waals surface area contributed by atoms with E-state index < -0.39 is 17.8 Å². The van der Waals surface area contributed by atoms with E-state index in [9.17, 15) is 14.4 Å². The van der Waals surface area contributed by atoms with Gasteiger partial charge in [-0.05, 0) is 91.3 Å². The highest BCUT2D eigenvalue weighted by molar-refractivity contribution is 6.02. The van der Waals surface area contributed by atoms with Crippen LogP contribution >= 0.6 is 0 Å². The van der Waals surface area contributed by atoms with Crippen molar-refractivity contribution in [2.75, 3.05) is 19.0 Å². The number of furan rings is 1. The number of ether oxygens (including phenoxy) is 3. The predicted molar refractivity (Wildman–Crippen MR) is 144 cm³/mol. The molecule has 10 heteroatoms. The molecule has 0 radical (unpaired) electrons. The summed E-state index contributed by atoms with van der Waals surface area (Å²) >= 11 is 0. The molecule has 1 heterocycles. The van der Waals surface area contributed by atoms with Gasteiger partial charge in [-0.25, -0.2) is 10.2 Å². The van der Waals surface area contributed by atoms with Crippen molar-refractivity contribution in [3.8, 4) is 17.2 Å². The van der Waals surface area contributed by atoms with Crippen molar-refractivity contribution in [2.45, 2.75) is 6.92 Å². The third kappa shape index (κ3) is 7.10. The third-order valence-electron chi connectivity index (χ3n) is 5.33. The Balaban J connectivity index is 1.36. The first kappa shape index (κ1) is 26.7. The van der Waals surface area contributed by atoms with Crippen molar-refractivity contribution in [2.24, 2.45) is 5.10 Å². The molecule has 0 aliphatic rings. The quantitative estimate of drug-likeness (QED) is 0.130. The fourth-order valence-electron chi connectivity index (χ4n) is 3.38. The first-order chi connectivity index (χ1) is 19.0. The Bertz CT molecular complexity index is 1460. The van der Waals surface area contributed by atoms with Gasteiger partial charge in [0.05, 0.1) is 31.8 Å². The molecule has 0 fully saturated rings. The van der Waals surface area contributed by atoms with Gasteiger partial charge in [0.25, 0.3) is 11.8 Å². The summed E-state index contributed by atoms with van der Waals surface area (Å²) in [5, 5.41) is 6.67. The number of anilines is 1. The van der Waals surface area contributed by atoms with E-state index in [1.54, 1.807) is 86.0 Å². The second-order valence-corrected chi connectivity index (χ2v) is 7.97. The summed E-state index contributed by atoms with van der Waals surface area (Å²) in [6, 6.07) is 20.9. The fraction of sp³-hybridized carbons (Fsp3) is 0.103. The van der Waals surface area contributed by atoms with Crippen molar-refractivity contribution < 1.29 is 33.0 Å². The summed E-state index contributed by atoms with van der Waals surface area (Å²) in [7, 11) is 1.54. The minimum absolute atomic E-state index is 0.182. The molecule has 198 valence electrons. The standard InChI is InChI=1S/C29H25N3O7/c1-3-37-26-17-19(6-15-24(26)39-29(35)21-9-13-23(36-2)14-10-21)18-30-32-27(33)20-7-11-22(12-8-20)31-28(34)25-5-4-16-38-25/h4-18H,3H2,1-2H3,(H,31,34)(H,32,33)/b30-18-. The SMILES string of the molecule is CCOc1cc(/C=N\NC(=O)c2ccc(NC(=O)c3ccco3)cc2)ccc1OC(=O)c1ccc(OC)cc1. The van der Waals surface area contributed by atoms with Gasteiger partial charge in [0.1, 0.15) is 5.75 Å². The highest BCUT2D eigenvalue weighted by Gasteiger charge is 2.14. The van der Waals surface area contributed by atoms with E-state index in [4.69, 9.17) is 18.6 Å². The second kappa shape index (κ2) is 12.7. The molecular formula is C29H25N3O7. The van der Waals surface area contributed by atoms with E-state index in [-0.39, 0.29) is 11.5 Å². The van der Waals surface area contributed by atoms with Crippen LogP contribution < -0.4 is 25.0 Å². The molecule has 4 rings (SSSR count). The molecule has 10 nitrogen and oxygen atoms in total. The number of nitrogens with one attached hydrogen (secondary N) is 2. The number of rotatable bonds is 10. The van der Waals surface area contributed by atoms with Gasteiger partial charge in [-0.1, -0.05) is 0 Å². The van der Waals surface area contributed by atoms with E-state index in [1.165, 1.54) is 12.5 Å². The highest BCUT2D eigenvalue weighted by atomic mass is 16.6. The molecule has 1 aromatic heterocycles. The van der Waals surface area contributed by atoms with Gasteiger partial charge in [-0.3, -0.25) is 9.59 Å². The molecular weight excluding hydrogens is 502 g/mol. The average Bonchev–Trinajstić information content (AvgIpc) is 3.50. The largest absolute Gasteiger partial charge is 0.497 e. The monoisotopic (exact) mass is 527 g/mol. The van der Waals surface area contributed by atoms with E-state index in [0.717, 1.165) is 0 Å². The Kier molecular flexibility index (Phi) is 8.71. The molecule has 2 N–H and O–H groups in total. The van der Waals surface area contributed by atoms with Crippen molar-refractivity contribution >= 4 is 29.7 Å². The van der Waals surface area contributed by atoms with Crippen molar-refractivity contribution in [1.82, 2.24) is 5.43 Å². The van der Waals surface area contributed by atoms with Gasteiger partial charge in [-0.15, -0.1) is 0 Å². The highest BCUT2D eigenvalue weighted by Crippen LogP contribution is 2.29. The van der Waals surface area contributed by atoms with Crippen LogP contribution in [-0.2, 0) is 0 Å². The van der Waals surface area contributed by atoms with E-state index in [2.05, 4.69) is 15.8 Å². The molecule has 0 aliphatic heterocycles. The summed E-state index contributed by atoms with van der Waals surface area (Å²) in [5.41, 5.74) is 4.28. The minimum atomic E-state index is -0.543. The van der Waals surface area contributed by atoms with Crippen LogP contribution in [0.25, 0.3) is 0 Å². The fourth-order valence-corrected chi connectivity index (χ4v) is 3.38. The van der Waals surface area contributed by atoms with Gasteiger partial charge in [0.15, 0.2) is 17.3 Å². The van der Waals surface area contributed by atoms with Gasteiger partial charge in [0.2, 0.25) is 0 Å². The number of carbonyl (C=O) groups excluding carboxylic acids is 3. The molecule has 0 bridgehead atoms. The number of amides is 2. The zero-order chi connectivity index (χ0) is 27.6. The summed E-state index contributed by atoms with van der Waals surface area (Å²) in [6.45, 7) is 2.16. The number of nitrogens with zero attached hydrogens (tertiary/aromatic N) is 1. The smallest absolute Gasteiger partial charge is 0.343 e. The van der Waals surface area contributed by atoms with Crippen LogP contribution in [0.15, 0.2) is 94.6 Å². The molecule has 0 unspecified atom stereocenters. The number of esters is 1. The van der Waals surface area contributed by atoms with Crippen molar-refractivity contribution in [3.05, 3.63) is 108 Å². The molecule has 3 aromatic carbocycles. The Morgan fingerprint density at radius 3 is 2.31 bits per heavy atom. The predicted octanol–water partition coefficient (Wildman–Crippen LogP) is 4.92. The lowest BCUT2D eigenvalue weighted by atomic mass is 10.2. The Hall–Kier alpha value is -5.38. The molecule has 0 saturated heterocycles. The number of hydrogen-bond donors (Lipinski definition) is 2. The lowest BCUT2D eigenvalue weighted by molar-refractivity contribution is 0.0728. The maximum absolute atomic E-state index is 12.5. The van der Waals surface area contributed by atoms with Crippen LogP contribution in [0.1, 0.15) is 43.8 Å². The van der Waals surface area contributed by atoms with Gasteiger partial charge in [-0.2, -0.15) is 5.10 Å². The topological polar surface area (TPSA) is 128 Å².